The van der Waals surface area contributed by atoms with Crippen molar-refractivity contribution in [1.82, 2.24) is 16.0 Å². The van der Waals surface area contributed by atoms with Gasteiger partial charge < -0.3 is 31.9 Å². The van der Waals surface area contributed by atoms with Gasteiger partial charge in [0.25, 0.3) is 0 Å². The zero-order valence-corrected chi connectivity index (χ0v) is 21.2. The molecular formula is C24H49N5O4. The standard InChI is InChI=1S/C24H49N5O4/c1-5-24(3,22(33)29-20(18(2)30)21(32)27-4)19(31)16-14-12-10-8-6-7-9-11-13-15-17-28-23(25)26/h18-20,30-31H,5-17H2,1-4H3,(H,27,32)(H,29,33)(H4,25,26,28). The van der Waals surface area contributed by atoms with E-state index in [-0.39, 0.29) is 5.96 Å². The molecule has 4 unspecified atom stereocenters. The second kappa shape index (κ2) is 17.6. The molecule has 4 atom stereocenters. The highest BCUT2D eigenvalue weighted by atomic mass is 16.3. The van der Waals surface area contributed by atoms with Crippen molar-refractivity contribution in [2.45, 2.75) is 116 Å². The number of nitrogens with one attached hydrogen (secondary N) is 4. The quantitative estimate of drug-likeness (QED) is 0.0868. The maximum Gasteiger partial charge on any atom is 0.245 e. The minimum Gasteiger partial charge on any atom is -0.392 e. The number of hydrogen-bond acceptors (Lipinski definition) is 5. The van der Waals surface area contributed by atoms with Gasteiger partial charge in [0.15, 0.2) is 5.96 Å². The zero-order valence-electron chi connectivity index (χ0n) is 21.2. The summed E-state index contributed by atoms with van der Waals surface area (Å²) >= 11 is 0. The number of aliphatic hydroxyl groups is 2. The maximum absolute atomic E-state index is 12.8. The largest absolute Gasteiger partial charge is 0.392 e. The van der Waals surface area contributed by atoms with E-state index in [1.54, 1.807) is 6.92 Å². The molecule has 0 aliphatic rings. The Morgan fingerprint density at radius 1 is 0.970 bits per heavy atom. The van der Waals surface area contributed by atoms with Crippen molar-refractivity contribution in [3.05, 3.63) is 0 Å². The summed E-state index contributed by atoms with van der Waals surface area (Å²) in [5.74, 6) is -0.837. The Hall–Kier alpha value is -1.87. The third-order valence-corrected chi connectivity index (χ3v) is 6.51. The Kier molecular flexibility index (Phi) is 16.6. The highest BCUT2D eigenvalue weighted by molar-refractivity contribution is 5.90. The number of unbranched alkanes of at least 4 members (excludes halogenated alkanes) is 9. The first-order valence-corrected chi connectivity index (χ1v) is 12.6. The van der Waals surface area contributed by atoms with Gasteiger partial charge in [-0.2, -0.15) is 0 Å². The van der Waals surface area contributed by atoms with Crippen LogP contribution in [0, 0.1) is 10.8 Å². The summed E-state index contributed by atoms with van der Waals surface area (Å²) in [5, 5.41) is 35.5. The van der Waals surface area contributed by atoms with Crippen LogP contribution in [0.2, 0.25) is 0 Å². The van der Waals surface area contributed by atoms with Crippen LogP contribution in [-0.4, -0.2) is 59.8 Å². The van der Waals surface area contributed by atoms with Crippen molar-refractivity contribution in [2.75, 3.05) is 13.6 Å². The molecule has 2 amide bonds. The lowest BCUT2D eigenvalue weighted by Gasteiger charge is -2.34. The number of rotatable bonds is 19. The minimum atomic E-state index is -1.04. The Bertz CT molecular complexity index is 573. The molecule has 0 heterocycles. The summed E-state index contributed by atoms with van der Waals surface area (Å²) in [6.45, 7) is 5.79. The molecule has 9 heteroatoms. The summed E-state index contributed by atoms with van der Waals surface area (Å²) in [6, 6.07) is -1.04. The maximum atomic E-state index is 12.8. The van der Waals surface area contributed by atoms with E-state index < -0.39 is 35.5 Å². The number of hydrogen-bond donors (Lipinski definition) is 7. The van der Waals surface area contributed by atoms with Gasteiger partial charge in [-0.15, -0.1) is 0 Å². The van der Waals surface area contributed by atoms with Gasteiger partial charge in [-0.05, 0) is 33.1 Å². The number of nitrogens with two attached hydrogens (primary N) is 1. The van der Waals surface area contributed by atoms with Crippen LogP contribution in [0.4, 0.5) is 0 Å². The van der Waals surface area contributed by atoms with Crippen molar-refractivity contribution >= 4 is 17.8 Å². The summed E-state index contributed by atoms with van der Waals surface area (Å²) in [7, 11) is 1.45. The van der Waals surface area contributed by atoms with E-state index in [2.05, 4.69) is 16.0 Å². The van der Waals surface area contributed by atoms with E-state index in [0.717, 1.165) is 38.6 Å². The van der Waals surface area contributed by atoms with E-state index in [1.807, 2.05) is 6.92 Å². The Balaban J connectivity index is 4.10. The van der Waals surface area contributed by atoms with E-state index in [4.69, 9.17) is 11.1 Å². The van der Waals surface area contributed by atoms with Crippen LogP contribution in [0.25, 0.3) is 0 Å². The van der Waals surface area contributed by atoms with Gasteiger partial charge in [0.05, 0.1) is 17.6 Å². The SMILES string of the molecule is CCC(C)(C(=O)NC(C(=O)NC)C(C)O)C(O)CCCCCCCCCCCCNC(=N)N. The van der Waals surface area contributed by atoms with Crippen molar-refractivity contribution < 1.29 is 19.8 Å². The molecule has 0 aromatic carbocycles. The van der Waals surface area contributed by atoms with Gasteiger partial charge >= 0.3 is 0 Å². The van der Waals surface area contributed by atoms with Crippen LogP contribution in [0.5, 0.6) is 0 Å². The second-order valence-electron chi connectivity index (χ2n) is 9.26. The number of amides is 2. The topological polar surface area (TPSA) is 161 Å². The number of guanidine groups is 1. The Morgan fingerprint density at radius 3 is 1.88 bits per heavy atom. The molecule has 0 rings (SSSR count). The van der Waals surface area contributed by atoms with Crippen LogP contribution >= 0.6 is 0 Å². The average Bonchev–Trinajstić information content (AvgIpc) is 2.78. The lowest BCUT2D eigenvalue weighted by Crippen LogP contribution is -2.57. The van der Waals surface area contributed by atoms with Gasteiger partial charge in [-0.25, -0.2) is 0 Å². The molecule has 33 heavy (non-hydrogen) atoms. The first kappa shape index (κ1) is 31.1. The fourth-order valence-corrected chi connectivity index (χ4v) is 3.83. The van der Waals surface area contributed by atoms with Crippen LogP contribution in [0.3, 0.4) is 0 Å². The Labute approximate surface area is 200 Å². The molecule has 0 spiro atoms. The molecule has 0 radical (unpaired) electrons. The van der Waals surface area contributed by atoms with Crippen molar-refractivity contribution in [3.8, 4) is 0 Å². The van der Waals surface area contributed by atoms with Crippen LogP contribution in [-0.2, 0) is 9.59 Å². The van der Waals surface area contributed by atoms with Crippen molar-refractivity contribution in [2.24, 2.45) is 11.1 Å². The molecule has 8 N–H and O–H groups in total. The molecular weight excluding hydrogens is 422 g/mol. The predicted octanol–water partition coefficient (Wildman–Crippen LogP) is 2.15. The normalized spacial score (nSPS) is 15.7. The monoisotopic (exact) mass is 471 g/mol. The number of carbonyl (C=O) groups excluding carboxylic acids is 2. The number of likely N-dealkylation sites (N-methyl/N-ethyl adjacent to an activating group) is 1. The number of aliphatic hydroxyl groups excluding tert-OH is 2. The highest BCUT2D eigenvalue weighted by Crippen LogP contribution is 2.30. The van der Waals surface area contributed by atoms with Crippen molar-refractivity contribution in [1.29, 1.82) is 5.41 Å². The molecule has 0 saturated heterocycles. The fraction of sp³-hybridized carbons (Fsp3) is 0.875. The lowest BCUT2D eigenvalue weighted by molar-refractivity contribution is -0.142. The molecule has 9 nitrogen and oxygen atoms in total. The highest BCUT2D eigenvalue weighted by Gasteiger charge is 2.40. The second-order valence-corrected chi connectivity index (χ2v) is 9.26. The van der Waals surface area contributed by atoms with Gasteiger partial charge in [0, 0.05) is 13.6 Å². The van der Waals surface area contributed by atoms with E-state index in [9.17, 15) is 19.8 Å². The van der Waals surface area contributed by atoms with Gasteiger partial charge in [0.1, 0.15) is 6.04 Å². The van der Waals surface area contributed by atoms with Gasteiger partial charge in [-0.3, -0.25) is 15.0 Å². The molecule has 0 aromatic heterocycles. The van der Waals surface area contributed by atoms with E-state index >= 15 is 0 Å². The summed E-state index contributed by atoms with van der Waals surface area (Å²) in [4.78, 5) is 24.8. The average molecular weight is 472 g/mol. The van der Waals surface area contributed by atoms with E-state index in [0.29, 0.717) is 12.8 Å². The first-order valence-electron chi connectivity index (χ1n) is 12.6. The van der Waals surface area contributed by atoms with Crippen LogP contribution < -0.4 is 21.7 Å². The molecule has 0 bridgehead atoms. The molecule has 0 aromatic rings. The molecule has 0 fully saturated rings. The fourth-order valence-electron chi connectivity index (χ4n) is 3.83. The third kappa shape index (κ3) is 12.8. The molecule has 0 saturated carbocycles. The van der Waals surface area contributed by atoms with Crippen LogP contribution in [0.15, 0.2) is 0 Å². The molecule has 0 aliphatic heterocycles. The summed E-state index contributed by atoms with van der Waals surface area (Å²) in [5.41, 5.74) is 4.23. The lowest BCUT2D eigenvalue weighted by atomic mass is 9.78. The minimum absolute atomic E-state index is 0.0380. The predicted molar refractivity (Wildman–Crippen MR) is 133 cm³/mol. The van der Waals surface area contributed by atoms with Crippen LogP contribution in [0.1, 0.15) is 97.8 Å². The van der Waals surface area contributed by atoms with Gasteiger partial charge in [-0.1, -0.05) is 64.7 Å². The smallest absolute Gasteiger partial charge is 0.245 e. The first-order chi connectivity index (χ1) is 15.6. The molecule has 0 aliphatic carbocycles. The summed E-state index contributed by atoms with van der Waals surface area (Å²) in [6.07, 6.45) is 10.4. The van der Waals surface area contributed by atoms with E-state index in [1.165, 1.54) is 46.1 Å². The molecule has 194 valence electrons. The zero-order chi connectivity index (χ0) is 25.3. The third-order valence-electron chi connectivity index (χ3n) is 6.51. The number of carbonyl (C=O) groups is 2. The van der Waals surface area contributed by atoms with Crippen molar-refractivity contribution in [3.63, 3.8) is 0 Å². The Morgan fingerprint density at radius 2 is 1.45 bits per heavy atom. The van der Waals surface area contributed by atoms with Gasteiger partial charge in [0.2, 0.25) is 11.8 Å². The summed E-state index contributed by atoms with van der Waals surface area (Å²) < 4.78 is 0.